The summed E-state index contributed by atoms with van der Waals surface area (Å²) in [6.07, 6.45) is 0. The summed E-state index contributed by atoms with van der Waals surface area (Å²) >= 11 is 0. The fraction of sp³-hybridized carbons (Fsp3) is 0.176. The van der Waals surface area contributed by atoms with Gasteiger partial charge in [0.2, 0.25) is 0 Å². The Hall–Kier alpha value is -2.42. The summed E-state index contributed by atoms with van der Waals surface area (Å²) in [5.41, 5.74) is -0.0508. The first kappa shape index (κ1) is 12.6. The molecule has 0 bridgehead atoms. The van der Waals surface area contributed by atoms with Gasteiger partial charge >= 0.3 is 11.3 Å². The standard InChI is InChI=1S/C17H14O3/c1-10(2)11-7-8-14-15(9-11)12-5-3-4-6-13(12)16(18)20-17(14)19/h3-10H,1-2H3. The van der Waals surface area contributed by atoms with Crippen molar-refractivity contribution in [2.75, 3.05) is 0 Å². The van der Waals surface area contributed by atoms with Gasteiger partial charge in [0.15, 0.2) is 0 Å². The van der Waals surface area contributed by atoms with Gasteiger partial charge in [-0.15, -0.1) is 0 Å². The van der Waals surface area contributed by atoms with Crippen LogP contribution in [0.3, 0.4) is 0 Å². The minimum absolute atomic E-state index is 0.349. The van der Waals surface area contributed by atoms with Crippen LogP contribution in [0.4, 0.5) is 0 Å². The highest BCUT2D eigenvalue weighted by atomic mass is 16.4. The molecule has 0 amide bonds. The largest absolute Gasteiger partial charge is 0.386 e. The molecule has 0 aliphatic heterocycles. The number of rotatable bonds is 1. The first-order valence-corrected chi connectivity index (χ1v) is 6.58. The van der Waals surface area contributed by atoms with E-state index in [1.165, 1.54) is 0 Å². The van der Waals surface area contributed by atoms with Gasteiger partial charge in [0, 0.05) is 0 Å². The van der Waals surface area contributed by atoms with Crippen molar-refractivity contribution in [2.24, 2.45) is 0 Å². The summed E-state index contributed by atoms with van der Waals surface area (Å²) in [6, 6.07) is 12.8. The Kier molecular flexibility index (Phi) is 2.90. The Balaban J connectivity index is 2.65. The van der Waals surface area contributed by atoms with E-state index >= 15 is 0 Å². The van der Waals surface area contributed by atoms with Crippen LogP contribution in [0.1, 0.15) is 25.3 Å². The number of hydrogen-bond acceptors (Lipinski definition) is 3. The van der Waals surface area contributed by atoms with Gasteiger partial charge < -0.3 is 4.42 Å². The van der Waals surface area contributed by atoms with Crippen molar-refractivity contribution in [3.8, 4) is 0 Å². The number of fused-ring (bicyclic) bond motifs is 3. The fourth-order valence-electron chi connectivity index (χ4n) is 2.41. The molecular formula is C17H14O3. The van der Waals surface area contributed by atoms with Gasteiger partial charge in [0.1, 0.15) is 0 Å². The molecule has 20 heavy (non-hydrogen) atoms. The Morgan fingerprint density at radius 3 is 2.05 bits per heavy atom. The van der Waals surface area contributed by atoms with Crippen LogP contribution >= 0.6 is 0 Å². The van der Waals surface area contributed by atoms with Crippen molar-refractivity contribution in [1.82, 2.24) is 0 Å². The van der Waals surface area contributed by atoms with Gasteiger partial charge in [0.05, 0.1) is 10.8 Å². The number of hydrogen-bond donors (Lipinski definition) is 0. The molecule has 1 heterocycles. The Morgan fingerprint density at radius 2 is 1.40 bits per heavy atom. The van der Waals surface area contributed by atoms with E-state index in [2.05, 4.69) is 13.8 Å². The third-order valence-corrected chi connectivity index (χ3v) is 3.55. The van der Waals surface area contributed by atoms with Gasteiger partial charge in [-0.05, 0) is 34.4 Å². The monoisotopic (exact) mass is 266 g/mol. The molecule has 0 fully saturated rings. The maximum atomic E-state index is 12.0. The van der Waals surface area contributed by atoms with E-state index in [-0.39, 0.29) is 0 Å². The Labute approximate surface area is 115 Å². The maximum Gasteiger partial charge on any atom is 0.346 e. The summed E-state index contributed by atoms with van der Waals surface area (Å²) in [7, 11) is 0. The quantitative estimate of drug-likeness (QED) is 0.678. The van der Waals surface area contributed by atoms with E-state index in [4.69, 9.17) is 4.42 Å². The van der Waals surface area contributed by atoms with Crippen LogP contribution in [0.5, 0.6) is 0 Å². The van der Waals surface area contributed by atoms with Crippen molar-refractivity contribution in [3.63, 3.8) is 0 Å². The topological polar surface area (TPSA) is 47.3 Å². The average Bonchev–Trinajstić information content (AvgIpc) is 2.55. The van der Waals surface area contributed by atoms with Gasteiger partial charge in [-0.3, -0.25) is 0 Å². The minimum atomic E-state index is -0.590. The molecule has 0 N–H and O–H groups in total. The zero-order valence-corrected chi connectivity index (χ0v) is 11.3. The van der Waals surface area contributed by atoms with E-state index in [0.29, 0.717) is 16.7 Å². The molecule has 3 rings (SSSR count). The molecule has 0 saturated heterocycles. The third-order valence-electron chi connectivity index (χ3n) is 3.55. The second kappa shape index (κ2) is 4.60. The zero-order valence-electron chi connectivity index (χ0n) is 11.3. The van der Waals surface area contributed by atoms with Crippen LogP contribution in [0.2, 0.25) is 0 Å². The van der Waals surface area contributed by atoms with Crippen molar-refractivity contribution < 1.29 is 4.42 Å². The van der Waals surface area contributed by atoms with Crippen LogP contribution in [0.25, 0.3) is 21.5 Å². The summed E-state index contributed by atoms with van der Waals surface area (Å²) in [4.78, 5) is 24.0. The Bertz CT molecular complexity index is 920. The van der Waals surface area contributed by atoms with Crippen LogP contribution in [-0.4, -0.2) is 0 Å². The van der Waals surface area contributed by atoms with Crippen molar-refractivity contribution in [3.05, 3.63) is 68.9 Å². The highest BCUT2D eigenvalue weighted by Gasteiger charge is 2.09. The van der Waals surface area contributed by atoms with Crippen LogP contribution < -0.4 is 11.3 Å². The normalized spacial score (nSPS) is 11.3. The number of benzene rings is 2. The van der Waals surface area contributed by atoms with Crippen LogP contribution in [0, 0.1) is 0 Å². The summed E-state index contributed by atoms with van der Waals surface area (Å²) in [5, 5.41) is 2.39. The zero-order chi connectivity index (χ0) is 14.3. The molecule has 0 aliphatic rings. The molecule has 100 valence electrons. The molecule has 3 nitrogen and oxygen atoms in total. The van der Waals surface area contributed by atoms with Gasteiger partial charge in [-0.1, -0.05) is 44.2 Å². The first-order valence-electron chi connectivity index (χ1n) is 6.58. The molecule has 0 radical (unpaired) electrons. The first-order chi connectivity index (χ1) is 9.58. The molecule has 3 heteroatoms. The average molecular weight is 266 g/mol. The van der Waals surface area contributed by atoms with Crippen LogP contribution in [0.15, 0.2) is 56.5 Å². The Morgan fingerprint density at radius 1 is 0.800 bits per heavy atom. The predicted molar refractivity (Wildman–Crippen MR) is 80.3 cm³/mol. The van der Waals surface area contributed by atoms with Crippen LogP contribution in [-0.2, 0) is 0 Å². The van der Waals surface area contributed by atoms with E-state index < -0.39 is 11.3 Å². The predicted octanol–water partition coefficient (Wildman–Crippen LogP) is 3.43. The van der Waals surface area contributed by atoms with Gasteiger partial charge in [0.25, 0.3) is 0 Å². The highest BCUT2D eigenvalue weighted by Crippen LogP contribution is 2.24. The van der Waals surface area contributed by atoms with E-state index in [1.807, 2.05) is 24.3 Å². The van der Waals surface area contributed by atoms with Gasteiger partial charge in [-0.25, -0.2) is 9.59 Å². The SMILES string of the molecule is CC(C)c1ccc2c(=O)oc(=O)c3ccccc3c2c1. The molecule has 0 aliphatic carbocycles. The van der Waals surface area contributed by atoms with Crippen molar-refractivity contribution in [1.29, 1.82) is 0 Å². The minimum Gasteiger partial charge on any atom is -0.386 e. The summed E-state index contributed by atoms with van der Waals surface area (Å²) in [5.74, 6) is 0.349. The molecule has 0 unspecified atom stereocenters. The lowest BCUT2D eigenvalue weighted by Gasteiger charge is -2.05. The molecule has 1 aromatic heterocycles. The van der Waals surface area contributed by atoms with Crippen molar-refractivity contribution in [2.45, 2.75) is 19.8 Å². The van der Waals surface area contributed by atoms with E-state index in [1.54, 1.807) is 18.2 Å². The molecule has 0 atom stereocenters. The third kappa shape index (κ3) is 1.92. The second-order valence-corrected chi connectivity index (χ2v) is 5.18. The smallest absolute Gasteiger partial charge is 0.346 e. The molecule has 0 spiro atoms. The lowest BCUT2D eigenvalue weighted by molar-refractivity contribution is 0.491. The van der Waals surface area contributed by atoms with E-state index in [9.17, 15) is 9.59 Å². The molecular weight excluding hydrogens is 252 g/mol. The molecule has 2 aromatic carbocycles. The second-order valence-electron chi connectivity index (χ2n) is 5.18. The lowest BCUT2D eigenvalue weighted by atomic mass is 9.98. The fourth-order valence-corrected chi connectivity index (χ4v) is 2.41. The summed E-state index contributed by atoms with van der Waals surface area (Å²) in [6.45, 7) is 4.18. The van der Waals surface area contributed by atoms with Gasteiger partial charge in [-0.2, -0.15) is 0 Å². The lowest BCUT2D eigenvalue weighted by Crippen LogP contribution is -2.04. The summed E-state index contributed by atoms with van der Waals surface area (Å²) < 4.78 is 4.89. The van der Waals surface area contributed by atoms with Crippen molar-refractivity contribution >= 4 is 21.5 Å². The maximum absolute atomic E-state index is 12.0. The highest BCUT2D eigenvalue weighted by molar-refractivity contribution is 6.05. The van der Waals surface area contributed by atoms with E-state index in [0.717, 1.165) is 16.3 Å². The molecule has 0 saturated carbocycles. The molecule has 3 aromatic rings.